The fourth-order valence-electron chi connectivity index (χ4n) is 7.22. The maximum Gasteiger partial charge on any atom is 0.417 e. The number of hydrogen-bond acceptors (Lipinski definition) is 9. The van der Waals surface area contributed by atoms with Crippen molar-refractivity contribution < 1.29 is 48.0 Å². The van der Waals surface area contributed by atoms with Crippen molar-refractivity contribution in [3.05, 3.63) is 45.2 Å². The number of halogens is 3. The molecule has 1 aliphatic heterocycles. The van der Waals surface area contributed by atoms with Gasteiger partial charge in [-0.15, -0.1) is 0 Å². The zero-order valence-electron chi connectivity index (χ0n) is 22.6. The van der Waals surface area contributed by atoms with Gasteiger partial charge >= 0.3 is 6.18 Å². The number of ketones is 2. The predicted molar refractivity (Wildman–Crippen MR) is 138 cm³/mol. The lowest BCUT2D eigenvalue weighted by Gasteiger charge is -2.50. The van der Waals surface area contributed by atoms with Crippen molar-refractivity contribution in [3.8, 4) is 5.75 Å². The molecule has 2 fully saturated rings. The van der Waals surface area contributed by atoms with E-state index < -0.39 is 93.1 Å². The SMILES string of the molecule is CN(C)[C@@H]1C(=O)C(C(N)=O)=C(O)[C@@]2(O)C(=O)C3=C(O)c4c(O)cc(CN5CCCCC5)c(C(F)(F)F)c4C[C@H]3C[C@@H]12. The number of rotatable bonds is 4. The van der Waals surface area contributed by atoms with Gasteiger partial charge in [0.1, 0.15) is 22.8 Å². The molecule has 3 aliphatic carbocycles. The van der Waals surface area contributed by atoms with E-state index in [1.165, 1.54) is 19.0 Å². The van der Waals surface area contributed by atoms with Crippen LogP contribution < -0.4 is 5.73 Å². The van der Waals surface area contributed by atoms with Crippen molar-refractivity contribution in [2.45, 2.75) is 56.5 Å². The number of carbonyl (C=O) groups is 3. The molecule has 5 rings (SSSR count). The number of nitrogens with zero attached hydrogens (tertiary/aromatic N) is 2. The Hall–Kier alpha value is -3.42. The van der Waals surface area contributed by atoms with Gasteiger partial charge in [0.15, 0.2) is 11.4 Å². The number of alkyl halides is 3. The molecule has 0 aromatic heterocycles. The fraction of sp³-hybridized carbons (Fsp3) is 0.536. The Morgan fingerprint density at radius 2 is 1.78 bits per heavy atom. The van der Waals surface area contributed by atoms with Gasteiger partial charge in [0.2, 0.25) is 5.78 Å². The molecular formula is C28H32F3N3O7. The maximum absolute atomic E-state index is 14.6. The Morgan fingerprint density at radius 1 is 1.15 bits per heavy atom. The van der Waals surface area contributed by atoms with Crippen LogP contribution in [0.1, 0.15) is 47.9 Å². The molecule has 4 aliphatic rings. The summed E-state index contributed by atoms with van der Waals surface area (Å²) in [5.74, 6) is -8.92. The van der Waals surface area contributed by atoms with Crippen molar-refractivity contribution in [3.63, 3.8) is 0 Å². The van der Waals surface area contributed by atoms with Crippen LogP contribution in [0.2, 0.25) is 0 Å². The van der Waals surface area contributed by atoms with E-state index in [0.29, 0.717) is 13.1 Å². The fourth-order valence-corrected chi connectivity index (χ4v) is 7.22. The largest absolute Gasteiger partial charge is 0.508 e. The summed E-state index contributed by atoms with van der Waals surface area (Å²) in [5, 5.41) is 44.6. The normalized spacial score (nSPS) is 29.0. The number of primary amides is 1. The standard InChI is InChI=1S/C28H32F3N3O7/c1-33(2)21-15-9-12-8-14-18(16(35)10-13(20(14)28(29,30)31)11-34-6-4-3-5-7-34)22(36)17(12)24(38)27(15,41)25(39)19(23(21)37)26(32)40/h10,12,15,21,35-36,39,41H,3-9,11H2,1-2H3,(H2,32,40)/t12-,15-,21-,27-/m0/s1. The summed E-state index contributed by atoms with van der Waals surface area (Å²) in [6.45, 7) is 1.14. The van der Waals surface area contributed by atoms with Crippen molar-refractivity contribution >= 4 is 23.2 Å². The first-order chi connectivity index (χ1) is 19.1. The van der Waals surface area contributed by atoms with Gasteiger partial charge in [0.25, 0.3) is 5.91 Å². The number of nitrogens with two attached hydrogens (primary N) is 1. The molecule has 41 heavy (non-hydrogen) atoms. The van der Waals surface area contributed by atoms with Crippen LogP contribution in [0, 0.1) is 11.8 Å². The quantitative estimate of drug-likeness (QED) is 0.336. The van der Waals surface area contributed by atoms with Crippen molar-refractivity contribution in [2.75, 3.05) is 27.2 Å². The minimum Gasteiger partial charge on any atom is -0.508 e. The number of likely N-dealkylation sites (N-methyl/N-ethyl adjacent to an activating group) is 1. The molecule has 1 amide bonds. The molecule has 4 atom stereocenters. The number of hydrogen-bond donors (Lipinski definition) is 5. The van der Waals surface area contributed by atoms with Crippen LogP contribution in [0.15, 0.2) is 23.0 Å². The number of phenolic OH excluding ortho intramolecular Hbond substituents is 1. The smallest absolute Gasteiger partial charge is 0.417 e. The summed E-state index contributed by atoms with van der Waals surface area (Å²) in [4.78, 5) is 42.3. The molecule has 1 saturated carbocycles. The van der Waals surface area contributed by atoms with Gasteiger partial charge in [-0.05, 0) is 76.0 Å². The topological polar surface area (TPSA) is 165 Å². The zero-order valence-corrected chi connectivity index (χ0v) is 22.6. The molecule has 1 aromatic rings. The number of benzene rings is 1. The lowest BCUT2D eigenvalue weighted by atomic mass is 9.57. The third kappa shape index (κ3) is 4.32. The highest BCUT2D eigenvalue weighted by Crippen LogP contribution is 2.54. The van der Waals surface area contributed by atoms with Crippen molar-refractivity contribution in [1.29, 1.82) is 0 Å². The summed E-state index contributed by atoms with van der Waals surface area (Å²) < 4.78 is 43.9. The zero-order chi connectivity index (χ0) is 30.2. The minimum absolute atomic E-state index is 0.0647. The summed E-state index contributed by atoms with van der Waals surface area (Å²) in [7, 11) is 2.89. The number of fused-ring (bicyclic) bond motifs is 3. The van der Waals surface area contributed by atoms with E-state index in [-0.39, 0.29) is 24.1 Å². The first kappa shape index (κ1) is 29.1. The van der Waals surface area contributed by atoms with Crippen LogP contribution in [-0.4, -0.2) is 86.5 Å². The third-order valence-electron chi connectivity index (χ3n) is 8.93. The van der Waals surface area contributed by atoms with Crippen LogP contribution in [0.25, 0.3) is 5.76 Å². The highest BCUT2D eigenvalue weighted by Gasteiger charge is 2.64. The molecule has 0 spiro atoms. The Morgan fingerprint density at radius 3 is 2.34 bits per heavy atom. The number of aliphatic hydroxyl groups excluding tert-OH is 2. The van der Waals surface area contributed by atoms with Crippen LogP contribution >= 0.6 is 0 Å². The van der Waals surface area contributed by atoms with E-state index in [9.17, 15) is 48.0 Å². The Bertz CT molecular complexity index is 1410. The maximum atomic E-state index is 14.6. The molecule has 0 bridgehead atoms. The number of piperidine rings is 1. The lowest BCUT2D eigenvalue weighted by Crippen LogP contribution is -2.65. The number of aromatic hydroxyl groups is 1. The van der Waals surface area contributed by atoms with Gasteiger partial charge < -0.3 is 26.2 Å². The molecule has 222 valence electrons. The van der Waals surface area contributed by atoms with Crippen LogP contribution in [0.3, 0.4) is 0 Å². The molecule has 6 N–H and O–H groups in total. The number of phenols is 1. The molecule has 13 heteroatoms. The molecule has 0 unspecified atom stereocenters. The monoisotopic (exact) mass is 579 g/mol. The van der Waals surface area contributed by atoms with Gasteiger partial charge in [-0.3, -0.25) is 24.2 Å². The lowest BCUT2D eigenvalue weighted by molar-refractivity contribution is -0.153. The van der Waals surface area contributed by atoms with Crippen molar-refractivity contribution in [1.82, 2.24) is 9.80 Å². The van der Waals surface area contributed by atoms with Gasteiger partial charge in [-0.25, -0.2) is 0 Å². The summed E-state index contributed by atoms with van der Waals surface area (Å²) in [6.07, 6.45) is -2.92. The van der Waals surface area contributed by atoms with Crippen LogP contribution in [-0.2, 0) is 33.5 Å². The van der Waals surface area contributed by atoms with Gasteiger partial charge in [0.05, 0.1) is 17.2 Å². The van der Waals surface area contributed by atoms with E-state index in [0.717, 1.165) is 25.3 Å². The first-order valence-electron chi connectivity index (χ1n) is 13.4. The van der Waals surface area contributed by atoms with Gasteiger partial charge in [0, 0.05) is 18.0 Å². The van der Waals surface area contributed by atoms with E-state index in [2.05, 4.69) is 0 Å². The number of aliphatic hydroxyl groups is 3. The first-order valence-corrected chi connectivity index (χ1v) is 13.4. The molecular weight excluding hydrogens is 547 g/mol. The number of likely N-dealkylation sites (tertiary alicyclic amines) is 1. The van der Waals surface area contributed by atoms with Crippen LogP contribution in [0.4, 0.5) is 13.2 Å². The van der Waals surface area contributed by atoms with Gasteiger partial charge in [-0.2, -0.15) is 13.2 Å². The second-order valence-electron chi connectivity index (χ2n) is 11.6. The summed E-state index contributed by atoms with van der Waals surface area (Å²) >= 11 is 0. The minimum atomic E-state index is -4.86. The highest BCUT2D eigenvalue weighted by atomic mass is 19.4. The Labute approximate surface area is 233 Å². The third-order valence-corrected chi connectivity index (χ3v) is 8.93. The van der Waals surface area contributed by atoms with Crippen LogP contribution in [0.5, 0.6) is 5.75 Å². The number of carbonyl (C=O) groups excluding carboxylic acids is 3. The van der Waals surface area contributed by atoms with Crippen molar-refractivity contribution in [2.24, 2.45) is 17.6 Å². The van der Waals surface area contributed by atoms with E-state index in [4.69, 9.17) is 5.73 Å². The molecule has 0 radical (unpaired) electrons. The van der Waals surface area contributed by atoms with E-state index >= 15 is 0 Å². The van der Waals surface area contributed by atoms with E-state index in [1.807, 2.05) is 4.90 Å². The number of amides is 1. The highest BCUT2D eigenvalue weighted by molar-refractivity contribution is 6.24. The molecule has 10 nitrogen and oxygen atoms in total. The van der Waals surface area contributed by atoms with Gasteiger partial charge in [-0.1, -0.05) is 6.42 Å². The Balaban J connectivity index is 1.71. The molecule has 1 heterocycles. The predicted octanol–water partition coefficient (Wildman–Crippen LogP) is 1.97. The average Bonchev–Trinajstić information content (AvgIpc) is 2.85. The second-order valence-corrected chi connectivity index (χ2v) is 11.6. The summed E-state index contributed by atoms with van der Waals surface area (Å²) in [6, 6.07) is -0.379. The molecule has 1 saturated heterocycles. The number of Topliss-reactive ketones (excluding diaryl/α,β-unsaturated/α-hetero) is 2. The Kier molecular flexibility index (Phi) is 6.98. The summed E-state index contributed by atoms with van der Waals surface area (Å²) in [5.41, 5.74) is -1.13. The second kappa shape index (κ2) is 9.85. The average molecular weight is 580 g/mol. The molecule has 1 aromatic carbocycles. The van der Waals surface area contributed by atoms with E-state index in [1.54, 1.807) is 0 Å².